The predicted octanol–water partition coefficient (Wildman–Crippen LogP) is -0.168. The lowest BCUT2D eigenvalue weighted by molar-refractivity contribution is -0.146. The summed E-state index contributed by atoms with van der Waals surface area (Å²) in [6.07, 6.45) is 1.30. The molecule has 1 unspecified atom stereocenters. The Kier molecular flexibility index (Phi) is 2.55. The second-order valence-electron chi connectivity index (χ2n) is 2.80. The number of hydrogen-bond donors (Lipinski definition) is 1. The van der Waals surface area contributed by atoms with E-state index < -0.39 is 12.0 Å². The van der Waals surface area contributed by atoms with Crippen LogP contribution in [0.25, 0.3) is 0 Å². The lowest BCUT2D eigenvalue weighted by atomic mass is 10.3. The molecule has 1 rings (SSSR count). The van der Waals surface area contributed by atoms with Gasteiger partial charge in [0.25, 0.3) is 5.91 Å². The van der Waals surface area contributed by atoms with Crippen LogP contribution in [0.4, 0.5) is 0 Å². The van der Waals surface area contributed by atoms with E-state index in [1.165, 1.54) is 25.0 Å². The van der Waals surface area contributed by atoms with E-state index in [0.717, 1.165) is 0 Å². The highest BCUT2D eigenvalue weighted by Gasteiger charge is 2.30. The third-order valence-electron chi connectivity index (χ3n) is 1.98. The zero-order chi connectivity index (χ0) is 10.0. The maximum absolute atomic E-state index is 11.2. The first-order valence-corrected chi connectivity index (χ1v) is 3.84. The average Bonchev–Trinajstić information content (AvgIpc) is 2.45. The summed E-state index contributed by atoms with van der Waals surface area (Å²) in [5.74, 6) is -0.830. The number of nitrogens with zero attached hydrogens (tertiary/aromatic N) is 1. The normalized spacial score (nSPS) is 18.5. The van der Waals surface area contributed by atoms with E-state index in [0.29, 0.717) is 5.76 Å². The summed E-state index contributed by atoms with van der Waals surface area (Å²) in [6.45, 7) is 1.70. The first kappa shape index (κ1) is 9.57. The van der Waals surface area contributed by atoms with E-state index in [9.17, 15) is 9.59 Å². The van der Waals surface area contributed by atoms with Crippen LogP contribution in [0.5, 0.6) is 0 Å². The van der Waals surface area contributed by atoms with E-state index in [-0.39, 0.29) is 12.5 Å². The molecule has 0 aliphatic carbocycles. The Bertz CT molecular complexity index is 271. The number of aliphatic carboxylic acids is 1. The third kappa shape index (κ3) is 1.80. The minimum absolute atomic E-state index is 0.239. The Morgan fingerprint density at radius 3 is 2.77 bits per heavy atom. The summed E-state index contributed by atoms with van der Waals surface area (Å²) in [7, 11) is 1.45. The van der Waals surface area contributed by atoms with Crippen LogP contribution < -0.4 is 0 Å². The Morgan fingerprint density at radius 1 is 1.77 bits per heavy atom. The number of carbonyl (C=O) groups is 2. The van der Waals surface area contributed by atoms with E-state index in [4.69, 9.17) is 9.84 Å². The van der Waals surface area contributed by atoms with Crippen molar-refractivity contribution in [2.45, 2.75) is 13.0 Å². The van der Waals surface area contributed by atoms with Crippen molar-refractivity contribution in [3.63, 3.8) is 0 Å². The predicted molar refractivity (Wildman–Crippen MR) is 43.9 cm³/mol. The quantitative estimate of drug-likeness (QED) is 0.663. The fraction of sp³-hybridized carbons (Fsp3) is 0.500. The molecule has 1 amide bonds. The number of methoxy groups -OCH3 is 1. The number of hydrogen-bond acceptors (Lipinski definition) is 3. The van der Waals surface area contributed by atoms with Crippen molar-refractivity contribution in [1.29, 1.82) is 0 Å². The number of rotatable bonds is 3. The van der Waals surface area contributed by atoms with Crippen molar-refractivity contribution in [2.24, 2.45) is 0 Å². The summed E-state index contributed by atoms with van der Waals surface area (Å²) in [5.41, 5.74) is 0. The zero-order valence-electron chi connectivity index (χ0n) is 7.48. The largest absolute Gasteiger partial charge is 0.499 e. The maximum Gasteiger partial charge on any atom is 0.326 e. The molecule has 0 aromatic carbocycles. The Hall–Kier alpha value is -1.52. The van der Waals surface area contributed by atoms with Crippen molar-refractivity contribution in [1.82, 2.24) is 4.90 Å². The molecule has 1 aliphatic heterocycles. The summed E-state index contributed by atoms with van der Waals surface area (Å²) >= 11 is 0. The lowest BCUT2D eigenvalue weighted by Gasteiger charge is -2.20. The van der Waals surface area contributed by atoms with Gasteiger partial charge < -0.3 is 14.7 Å². The Labute approximate surface area is 75.6 Å². The second-order valence-corrected chi connectivity index (χ2v) is 2.80. The van der Waals surface area contributed by atoms with Gasteiger partial charge in [-0.05, 0) is 6.92 Å². The highest BCUT2D eigenvalue weighted by molar-refractivity contribution is 5.93. The van der Waals surface area contributed by atoms with Gasteiger partial charge in [0.05, 0.1) is 13.7 Å². The molecule has 0 spiro atoms. The van der Waals surface area contributed by atoms with E-state index in [1.807, 2.05) is 0 Å². The maximum atomic E-state index is 11.2. The van der Waals surface area contributed by atoms with Crippen molar-refractivity contribution < 1.29 is 19.4 Å². The monoisotopic (exact) mass is 185 g/mol. The van der Waals surface area contributed by atoms with E-state index in [1.54, 1.807) is 0 Å². The van der Waals surface area contributed by atoms with Gasteiger partial charge in [-0.2, -0.15) is 0 Å². The number of ether oxygens (including phenoxy) is 1. The highest BCUT2D eigenvalue weighted by Crippen LogP contribution is 2.14. The first-order valence-electron chi connectivity index (χ1n) is 3.84. The lowest BCUT2D eigenvalue weighted by Crippen LogP contribution is -2.40. The molecule has 1 aliphatic rings. The van der Waals surface area contributed by atoms with E-state index >= 15 is 0 Å². The van der Waals surface area contributed by atoms with Gasteiger partial charge in [-0.25, -0.2) is 4.79 Å². The summed E-state index contributed by atoms with van der Waals surface area (Å²) in [5, 5.41) is 8.66. The van der Waals surface area contributed by atoms with Gasteiger partial charge in [0.1, 0.15) is 11.8 Å². The van der Waals surface area contributed by atoms with Crippen LogP contribution in [0.1, 0.15) is 6.92 Å². The van der Waals surface area contributed by atoms with Gasteiger partial charge >= 0.3 is 5.97 Å². The van der Waals surface area contributed by atoms with Gasteiger partial charge in [-0.15, -0.1) is 0 Å². The van der Waals surface area contributed by atoms with Crippen LogP contribution in [0.3, 0.4) is 0 Å². The van der Waals surface area contributed by atoms with Crippen LogP contribution in [-0.2, 0) is 14.3 Å². The van der Waals surface area contributed by atoms with Gasteiger partial charge in [0, 0.05) is 6.08 Å². The second kappa shape index (κ2) is 3.47. The fourth-order valence-corrected chi connectivity index (χ4v) is 1.10. The number of amides is 1. The number of carbonyl (C=O) groups excluding carboxylic acids is 1. The first-order chi connectivity index (χ1) is 6.06. The van der Waals surface area contributed by atoms with Crippen LogP contribution in [0.2, 0.25) is 0 Å². The van der Waals surface area contributed by atoms with Crippen molar-refractivity contribution in [2.75, 3.05) is 13.7 Å². The molecule has 0 saturated heterocycles. The zero-order valence-corrected chi connectivity index (χ0v) is 7.48. The van der Waals surface area contributed by atoms with Crippen LogP contribution in [-0.4, -0.2) is 41.6 Å². The SMILES string of the molecule is COC1=CC(=O)N(C(C)C(=O)O)C1. The average molecular weight is 185 g/mol. The molecule has 0 aromatic heterocycles. The molecule has 0 fully saturated rings. The molecule has 0 aromatic rings. The minimum Gasteiger partial charge on any atom is -0.499 e. The number of carboxylic acids is 1. The summed E-state index contributed by atoms with van der Waals surface area (Å²) in [6, 6.07) is -0.809. The summed E-state index contributed by atoms with van der Waals surface area (Å²) in [4.78, 5) is 23.0. The molecule has 5 heteroatoms. The topological polar surface area (TPSA) is 66.8 Å². The highest BCUT2D eigenvalue weighted by atomic mass is 16.5. The fourth-order valence-electron chi connectivity index (χ4n) is 1.10. The van der Waals surface area contributed by atoms with Crippen molar-refractivity contribution in [3.05, 3.63) is 11.8 Å². The Morgan fingerprint density at radius 2 is 2.38 bits per heavy atom. The van der Waals surface area contributed by atoms with Gasteiger partial charge in [0.15, 0.2) is 0 Å². The van der Waals surface area contributed by atoms with E-state index in [2.05, 4.69) is 0 Å². The van der Waals surface area contributed by atoms with Crippen LogP contribution >= 0.6 is 0 Å². The third-order valence-corrected chi connectivity index (χ3v) is 1.98. The molecule has 5 nitrogen and oxygen atoms in total. The molecule has 72 valence electrons. The molecule has 0 bridgehead atoms. The smallest absolute Gasteiger partial charge is 0.326 e. The van der Waals surface area contributed by atoms with Crippen LogP contribution in [0.15, 0.2) is 11.8 Å². The van der Waals surface area contributed by atoms with Gasteiger partial charge in [-0.1, -0.05) is 0 Å². The van der Waals surface area contributed by atoms with Crippen LogP contribution in [0, 0.1) is 0 Å². The molecule has 0 saturated carbocycles. The molecule has 1 N–H and O–H groups in total. The summed E-state index contributed by atoms with van der Waals surface area (Å²) < 4.78 is 4.85. The molecular formula is C8H11NO4. The molecule has 1 atom stereocenters. The molecule has 13 heavy (non-hydrogen) atoms. The van der Waals surface area contributed by atoms with Gasteiger partial charge in [0.2, 0.25) is 0 Å². The molecule has 1 heterocycles. The standard InChI is InChI=1S/C8H11NO4/c1-5(8(11)12)9-4-6(13-2)3-7(9)10/h3,5H,4H2,1-2H3,(H,11,12). The minimum atomic E-state index is -1.01. The van der Waals surface area contributed by atoms with Gasteiger partial charge in [-0.3, -0.25) is 4.79 Å². The van der Waals surface area contributed by atoms with Crippen molar-refractivity contribution >= 4 is 11.9 Å². The number of carboxylic acid groups (broad SMARTS) is 1. The van der Waals surface area contributed by atoms with Crippen molar-refractivity contribution in [3.8, 4) is 0 Å². The molecular weight excluding hydrogens is 174 g/mol. The molecule has 0 radical (unpaired) electrons. The Balaban J connectivity index is 2.68.